The van der Waals surface area contributed by atoms with Crippen molar-refractivity contribution >= 4 is 48.2 Å². The van der Waals surface area contributed by atoms with Crippen molar-refractivity contribution in [3.63, 3.8) is 0 Å². The lowest BCUT2D eigenvalue weighted by Gasteiger charge is -2.06. The Morgan fingerprint density at radius 3 is 1.93 bits per heavy atom. The second kappa shape index (κ2) is 5.26. The molecule has 0 spiro atoms. The fourth-order valence-corrected chi connectivity index (χ4v) is 2.04. The maximum atomic E-state index is 11.2. The molecule has 0 aromatic heterocycles. The Morgan fingerprint density at radius 1 is 1.13 bits per heavy atom. The van der Waals surface area contributed by atoms with Gasteiger partial charge in [0.1, 0.15) is 0 Å². The van der Waals surface area contributed by atoms with Crippen LogP contribution in [-0.4, -0.2) is 21.8 Å². The van der Waals surface area contributed by atoms with Gasteiger partial charge in [-0.1, -0.05) is 12.1 Å². The quantitative estimate of drug-likeness (QED) is 0.472. The summed E-state index contributed by atoms with van der Waals surface area (Å²) in [7, 11) is -3.91. The van der Waals surface area contributed by atoms with Crippen LogP contribution in [0.1, 0.15) is 0 Å². The molecule has 0 fully saturated rings. The van der Waals surface area contributed by atoms with Crippen LogP contribution in [0.3, 0.4) is 0 Å². The summed E-state index contributed by atoms with van der Waals surface area (Å²) in [5.41, 5.74) is 0.632. The van der Waals surface area contributed by atoms with Gasteiger partial charge in [0, 0.05) is 6.26 Å². The van der Waals surface area contributed by atoms with Crippen LogP contribution in [0.15, 0.2) is 29.2 Å². The minimum absolute atomic E-state index is 0.239. The van der Waals surface area contributed by atoms with E-state index in [0.29, 0.717) is 5.46 Å². The molecular formula is C7H9BO4S3. The molecule has 82 valence electrons. The molecule has 0 saturated carbocycles. The third kappa shape index (κ3) is 3.42. The molecule has 1 rings (SSSR count). The Balaban J connectivity index is 3.00. The van der Waals surface area contributed by atoms with E-state index in [9.17, 15) is 8.42 Å². The fourth-order valence-electron chi connectivity index (χ4n) is 1.01. The molecule has 8 heteroatoms. The van der Waals surface area contributed by atoms with Crippen molar-refractivity contribution in [2.24, 2.45) is 0 Å². The molecule has 0 saturated heterocycles. The topological polar surface area (TPSA) is 52.6 Å². The zero-order valence-electron chi connectivity index (χ0n) is 7.82. The minimum Gasteiger partial charge on any atom is -0.341 e. The number of sulfone groups is 1. The molecule has 15 heavy (non-hydrogen) atoms. The van der Waals surface area contributed by atoms with Crippen molar-refractivity contribution < 1.29 is 16.6 Å². The van der Waals surface area contributed by atoms with E-state index in [1.54, 1.807) is 12.1 Å². The molecule has 0 amide bonds. The first kappa shape index (κ1) is 12.9. The first-order valence-electron chi connectivity index (χ1n) is 3.89. The maximum Gasteiger partial charge on any atom is 0.516 e. The van der Waals surface area contributed by atoms with Crippen molar-refractivity contribution in [3.05, 3.63) is 24.3 Å². The molecule has 0 radical (unpaired) electrons. The number of benzene rings is 1. The summed E-state index contributed by atoms with van der Waals surface area (Å²) in [6.45, 7) is 0. The minimum atomic E-state index is -3.18. The van der Waals surface area contributed by atoms with Gasteiger partial charge in [0.15, 0.2) is 9.84 Å². The standard InChI is InChI=1S/C7H9BO4S3/c1-15(9,10)7-4-2-6(3-5-7)8(11-13)12-14/h2-5,13-14H,1H3. The first-order valence-corrected chi connectivity index (χ1v) is 6.51. The highest BCUT2D eigenvalue weighted by atomic mass is 32.2. The number of rotatable bonds is 4. The van der Waals surface area contributed by atoms with E-state index >= 15 is 0 Å². The first-order chi connectivity index (χ1) is 6.99. The Hall–Kier alpha value is -0.145. The monoisotopic (exact) mass is 264 g/mol. The predicted octanol–water partition coefficient (Wildman–Crippen LogP) is 0.508. The van der Waals surface area contributed by atoms with Gasteiger partial charge in [-0.2, -0.15) is 0 Å². The van der Waals surface area contributed by atoms with Gasteiger partial charge in [-0.15, -0.1) is 0 Å². The van der Waals surface area contributed by atoms with Crippen molar-refractivity contribution in [1.82, 2.24) is 0 Å². The van der Waals surface area contributed by atoms with E-state index in [1.165, 1.54) is 12.1 Å². The smallest absolute Gasteiger partial charge is 0.341 e. The molecule has 0 unspecified atom stereocenters. The van der Waals surface area contributed by atoms with Crippen LogP contribution in [0.5, 0.6) is 0 Å². The van der Waals surface area contributed by atoms with Crippen LogP contribution in [0.2, 0.25) is 0 Å². The van der Waals surface area contributed by atoms with Gasteiger partial charge < -0.3 is 8.20 Å². The van der Waals surface area contributed by atoms with Crippen molar-refractivity contribution in [2.45, 2.75) is 4.90 Å². The lowest BCUT2D eigenvalue weighted by Crippen LogP contribution is -2.31. The van der Waals surface area contributed by atoms with Crippen LogP contribution < -0.4 is 5.46 Å². The molecule has 0 N–H and O–H groups in total. The largest absolute Gasteiger partial charge is 0.516 e. The van der Waals surface area contributed by atoms with E-state index in [2.05, 4.69) is 34.0 Å². The van der Waals surface area contributed by atoms with E-state index in [1.807, 2.05) is 0 Å². The number of thiol groups is 2. The fraction of sp³-hybridized carbons (Fsp3) is 0.143. The molecule has 0 aliphatic carbocycles. The van der Waals surface area contributed by atoms with E-state index in [4.69, 9.17) is 0 Å². The summed E-state index contributed by atoms with van der Waals surface area (Å²) in [4.78, 5) is 0.239. The van der Waals surface area contributed by atoms with E-state index < -0.39 is 17.0 Å². The van der Waals surface area contributed by atoms with Crippen LogP contribution in [0.4, 0.5) is 0 Å². The summed E-state index contributed by atoms with van der Waals surface area (Å²) in [6, 6.07) is 6.09. The summed E-state index contributed by atoms with van der Waals surface area (Å²) in [5.74, 6) is 0. The zero-order valence-corrected chi connectivity index (χ0v) is 10.4. The molecule has 4 nitrogen and oxygen atoms in total. The Morgan fingerprint density at radius 2 is 1.60 bits per heavy atom. The lowest BCUT2D eigenvalue weighted by atomic mass is 9.80. The van der Waals surface area contributed by atoms with Crippen LogP contribution >= 0.6 is 25.8 Å². The molecule has 1 aromatic carbocycles. The number of hydrogen-bond acceptors (Lipinski definition) is 6. The molecule has 0 aliphatic heterocycles. The normalized spacial score (nSPS) is 11.4. The lowest BCUT2D eigenvalue weighted by molar-refractivity contribution is 0.535. The highest BCUT2D eigenvalue weighted by molar-refractivity contribution is 7.90. The van der Waals surface area contributed by atoms with Gasteiger partial charge in [-0.05, 0) is 43.4 Å². The van der Waals surface area contributed by atoms with E-state index in [0.717, 1.165) is 6.26 Å². The average molecular weight is 264 g/mol. The highest BCUT2D eigenvalue weighted by Crippen LogP contribution is 2.07. The van der Waals surface area contributed by atoms with Crippen LogP contribution in [0.25, 0.3) is 0 Å². The molecule has 0 atom stereocenters. The predicted molar refractivity (Wildman–Crippen MR) is 65.1 cm³/mol. The SMILES string of the molecule is CS(=O)(=O)c1ccc(B(OS)OS)cc1. The van der Waals surface area contributed by atoms with Crippen molar-refractivity contribution in [3.8, 4) is 0 Å². The maximum absolute atomic E-state index is 11.2. The summed E-state index contributed by atoms with van der Waals surface area (Å²) >= 11 is 7.20. The second-order valence-corrected chi connectivity index (χ2v) is 5.32. The Bertz CT molecular complexity index is 412. The number of hydrogen-bond donors (Lipinski definition) is 2. The molecule has 0 heterocycles. The Labute approximate surface area is 100 Å². The van der Waals surface area contributed by atoms with Gasteiger partial charge in [0.05, 0.1) is 4.90 Å². The van der Waals surface area contributed by atoms with Crippen LogP contribution in [-0.2, 0) is 18.0 Å². The average Bonchev–Trinajstić information content (AvgIpc) is 2.19. The van der Waals surface area contributed by atoms with Crippen molar-refractivity contribution in [2.75, 3.05) is 6.26 Å². The Kier molecular flexibility index (Phi) is 4.53. The summed E-state index contributed by atoms with van der Waals surface area (Å²) < 4.78 is 31.6. The van der Waals surface area contributed by atoms with E-state index in [-0.39, 0.29) is 4.90 Å². The van der Waals surface area contributed by atoms with Gasteiger partial charge >= 0.3 is 7.12 Å². The van der Waals surface area contributed by atoms with Gasteiger partial charge in [0.2, 0.25) is 0 Å². The van der Waals surface area contributed by atoms with Crippen molar-refractivity contribution in [1.29, 1.82) is 0 Å². The highest BCUT2D eigenvalue weighted by Gasteiger charge is 2.20. The molecule has 1 aromatic rings. The summed E-state index contributed by atoms with van der Waals surface area (Å²) in [6.07, 6.45) is 1.14. The molecule has 0 aliphatic rings. The third-order valence-electron chi connectivity index (χ3n) is 1.77. The molecule has 0 bridgehead atoms. The van der Waals surface area contributed by atoms with Gasteiger partial charge in [-0.25, -0.2) is 8.42 Å². The van der Waals surface area contributed by atoms with Crippen LogP contribution in [0, 0.1) is 0 Å². The molecular weight excluding hydrogens is 255 g/mol. The van der Waals surface area contributed by atoms with Gasteiger partial charge in [0.25, 0.3) is 0 Å². The zero-order chi connectivity index (χ0) is 11.5. The summed E-state index contributed by atoms with van der Waals surface area (Å²) in [5, 5.41) is 0. The third-order valence-corrected chi connectivity index (χ3v) is 3.28. The van der Waals surface area contributed by atoms with Gasteiger partial charge in [-0.3, -0.25) is 0 Å². The second-order valence-electron chi connectivity index (χ2n) is 2.88.